The fraction of sp³-hybridized carbons (Fsp3) is 0.409. The molecule has 4 rings (SSSR count). The van der Waals surface area contributed by atoms with Crippen molar-refractivity contribution in [2.75, 3.05) is 21.7 Å². The van der Waals surface area contributed by atoms with Crippen LogP contribution in [0.25, 0.3) is 0 Å². The van der Waals surface area contributed by atoms with Crippen LogP contribution < -0.4 is 13.9 Å². The van der Waals surface area contributed by atoms with Gasteiger partial charge in [-0.2, -0.15) is 8.42 Å². The summed E-state index contributed by atoms with van der Waals surface area (Å²) in [6.45, 7) is 4.79. The largest absolute Gasteiger partial charge is 0.354 e. The van der Waals surface area contributed by atoms with Gasteiger partial charge in [-0.15, -0.1) is 11.8 Å². The Morgan fingerprint density at radius 1 is 1.10 bits per heavy atom. The van der Waals surface area contributed by atoms with Crippen LogP contribution in [-0.4, -0.2) is 38.7 Å². The number of benzene rings is 2. The molecule has 8 heteroatoms. The van der Waals surface area contributed by atoms with Crippen LogP contribution in [0.4, 0.5) is 11.4 Å². The molecule has 0 radical (unpaired) electrons. The highest BCUT2D eigenvalue weighted by atomic mass is 32.2. The Kier molecular flexibility index (Phi) is 5.97. The van der Waals surface area contributed by atoms with Crippen molar-refractivity contribution in [2.24, 2.45) is 0 Å². The lowest BCUT2D eigenvalue weighted by molar-refractivity contribution is -0.120. The van der Waals surface area contributed by atoms with Gasteiger partial charge in [-0.05, 0) is 42.7 Å². The van der Waals surface area contributed by atoms with Crippen molar-refractivity contribution in [3.63, 3.8) is 0 Å². The van der Waals surface area contributed by atoms with E-state index in [1.807, 2.05) is 48.5 Å². The van der Waals surface area contributed by atoms with Crippen molar-refractivity contribution < 1.29 is 13.2 Å². The van der Waals surface area contributed by atoms with Gasteiger partial charge in [-0.25, -0.2) is 8.61 Å². The summed E-state index contributed by atoms with van der Waals surface area (Å²) in [4.78, 5) is 13.5. The summed E-state index contributed by atoms with van der Waals surface area (Å²) < 4.78 is 29.0. The molecular weight excluding hydrogens is 418 g/mol. The summed E-state index contributed by atoms with van der Waals surface area (Å²) >= 11 is 1.79. The number of fused-ring (bicyclic) bond motifs is 1. The van der Waals surface area contributed by atoms with E-state index in [0.29, 0.717) is 10.9 Å². The molecule has 1 N–H and O–H groups in total. The van der Waals surface area contributed by atoms with Crippen LogP contribution in [0.3, 0.4) is 0 Å². The van der Waals surface area contributed by atoms with Crippen molar-refractivity contribution in [2.45, 2.75) is 49.3 Å². The summed E-state index contributed by atoms with van der Waals surface area (Å²) in [5, 5.41) is 3.38. The van der Waals surface area contributed by atoms with Crippen LogP contribution in [0.15, 0.2) is 53.4 Å². The average Bonchev–Trinajstić information content (AvgIpc) is 3.48. The van der Waals surface area contributed by atoms with Crippen LogP contribution in [0.2, 0.25) is 0 Å². The molecule has 1 heterocycles. The number of hydrogen-bond donors (Lipinski definition) is 1. The number of rotatable bonds is 8. The number of anilines is 2. The predicted molar refractivity (Wildman–Crippen MR) is 122 cm³/mol. The number of hydrogen-bond acceptors (Lipinski definition) is 4. The van der Waals surface area contributed by atoms with Crippen LogP contribution >= 0.6 is 11.8 Å². The van der Waals surface area contributed by atoms with Gasteiger partial charge in [-0.1, -0.05) is 38.1 Å². The molecule has 6 nitrogen and oxygen atoms in total. The first-order valence-electron chi connectivity index (χ1n) is 10.3. The van der Waals surface area contributed by atoms with Crippen molar-refractivity contribution in [3.05, 3.63) is 54.1 Å². The van der Waals surface area contributed by atoms with E-state index >= 15 is 0 Å². The van der Waals surface area contributed by atoms with Gasteiger partial charge in [0.05, 0.1) is 24.3 Å². The highest BCUT2D eigenvalue weighted by molar-refractivity contribution is 7.99. The second kappa shape index (κ2) is 8.51. The van der Waals surface area contributed by atoms with E-state index in [9.17, 15) is 13.2 Å². The highest BCUT2D eigenvalue weighted by Crippen LogP contribution is 2.46. The highest BCUT2D eigenvalue weighted by Gasteiger charge is 2.47. The summed E-state index contributed by atoms with van der Waals surface area (Å²) in [5.74, 6) is -0.108. The Balaban J connectivity index is 1.34. The second-order valence-corrected chi connectivity index (χ2v) is 11.3. The predicted octanol–water partition coefficient (Wildman–Crippen LogP) is 3.58. The quantitative estimate of drug-likeness (QED) is 0.631. The fourth-order valence-electron chi connectivity index (χ4n) is 3.65. The van der Waals surface area contributed by atoms with Crippen LogP contribution in [-0.2, 0) is 21.4 Å². The smallest absolute Gasteiger partial charge is 0.326 e. The maximum Gasteiger partial charge on any atom is 0.326 e. The van der Waals surface area contributed by atoms with Gasteiger partial charge in [0.1, 0.15) is 0 Å². The Morgan fingerprint density at radius 3 is 2.40 bits per heavy atom. The zero-order valence-electron chi connectivity index (χ0n) is 17.2. The number of carbonyl (C=O) groups excluding carboxylic acids is 1. The molecule has 160 valence electrons. The third kappa shape index (κ3) is 4.44. The van der Waals surface area contributed by atoms with Crippen molar-refractivity contribution in [1.29, 1.82) is 0 Å². The third-order valence-electron chi connectivity index (χ3n) is 5.09. The maximum absolute atomic E-state index is 13.0. The topological polar surface area (TPSA) is 69.7 Å². The van der Waals surface area contributed by atoms with Gasteiger partial charge in [-0.3, -0.25) is 4.79 Å². The molecule has 0 bridgehead atoms. The van der Waals surface area contributed by atoms with Crippen molar-refractivity contribution >= 4 is 39.3 Å². The van der Waals surface area contributed by atoms with Gasteiger partial charge in [0.15, 0.2) is 0 Å². The number of nitrogens with zero attached hydrogens (tertiary/aromatic N) is 2. The summed E-state index contributed by atoms with van der Waals surface area (Å²) in [6.07, 6.45) is 2.07. The number of amides is 1. The molecule has 1 aliphatic heterocycles. The zero-order valence-corrected chi connectivity index (χ0v) is 18.9. The molecule has 0 atom stereocenters. The first-order valence-corrected chi connectivity index (χ1v) is 12.6. The van der Waals surface area contributed by atoms with E-state index in [-0.39, 0.29) is 31.5 Å². The molecule has 2 aromatic carbocycles. The standard InChI is InChI=1S/C22H27N3O3S2/c1-16(2)29-19-11-7-17(8-12-19)15-22(26)23-13-14-24-20-5-3-4-6-21(20)25(18-9-10-18)30(24,27)28/h3-8,11-12,16,18H,9-10,13-15H2,1-2H3,(H,23,26). The minimum Gasteiger partial charge on any atom is -0.354 e. The SMILES string of the molecule is CC(C)Sc1ccc(CC(=O)NCCN2c3ccccc3N(C3CC3)S2(=O)=O)cc1. The monoisotopic (exact) mass is 445 g/mol. The first kappa shape index (κ1) is 21.1. The maximum atomic E-state index is 13.0. The minimum atomic E-state index is -3.58. The molecule has 1 fully saturated rings. The van der Waals surface area contributed by atoms with Crippen LogP contribution in [0, 0.1) is 0 Å². The molecule has 1 saturated carbocycles. The summed E-state index contributed by atoms with van der Waals surface area (Å²) in [7, 11) is -3.58. The molecule has 2 aromatic rings. The summed E-state index contributed by atoms with van der Waals surface area (Å²) in [6, 6.07) is 15.5. The van der Waals surface area contributed by atoms with E-state index in [4.69, 9.17) is 0 Å². The number of para-hydroxylation sites is 2. The fourth-order valence-corrected chi connectivity index (χ4v) is 6.41. The Labute approximate surface area is 182 Å². The van der Waals surface area contributed by atoms with E-state index in [1.165, 1.54) is 9.20 Å². The lowest BCUT2D eigenvalue weighted by atomic mass is 10.1. The van der Waals surface area contributed by atoms with E-state index in [2.05, 4.69) is 19.2 Å². The Hall–Kier alpha value is -2.19. The minimum absolute atomic E-state index is 0.0626. The first-order chi connectivity index (χ1) is 14.4. The van der Waals surface area contributed by atoms with Crippen LogP contribution in [0.1, 0.15) is 32.3 Å². The van der Waals surface area contributed by atoms with Crippen molar-refractivity contribution in [3.8, 4) is 0 Å². The lowest BCUT2D eigenvalue weighted by Crippen LogP contribution is -2.43. The lowest BCUT2D eigenvalue weighted by Gasteiger charge is -2.21. The third-order valence-corrected chi connectivity index (χ3v) is 8.03. The molecule has 30 heavy (non-hydrogen) atoms. The van der Waals surface area contributed by atoms with Gasteiger partial charge in [0.25, 0.3) is 0 Å². The number of nitrogens with one attached hydrogen (secondary N) is 1. The Bertz CT molecular complexity index is 1020. The van der Waals surface area contributed by atoms with Gasteiger partial charge < -0.3 is 5.32 Å². The Morgan fingerprint density at radius 2 is 1.77 bits per heavy atom. The zero-order chi connectivity index (χ0) is 21.3. The molecule has 0 saturated heterocycles. The van der Waals surface area contributed by atoms with Gasteiger partial charge >= 0.3 is 10.2 Å². The number of carbonyl (C=O) groups is 1. The van der Waals surface area contributed by atoms with Gasteiger partial charge in [0, 0.05) is 22.7 Å². The summed E-state index contributed by atoms with van der Waals surface area (Å²) in [5.41, 5.74) is 2.38. The molecule has 0 aromatic heterocycles. The van der Waals surface area contributed by atoms with Crippen molar-refractivity contribution in [1.82, 2.24) is 5.32 Å². The second-order valence-electron chi connectivity index (χ2n) is 7.93. The molecule has 0 spiro atoms. The molecule has 1 aliphatic carbocycles. The van der Waals surface area contributed by atoms with E-state index in [0.717, 1.165) is 24.1 Å². The molecule has 2 aliphatic rings. The molecule has 0 unspecified atom stereocenters. The molecule has 1 amide bonds. The molecular formula is C22H27N3O3S2. The number of thioether (sulfide) groups is 1. The van der Waals surface area contributed by atoms with E-state index in [1.54, 1.807) is 16.1 Å². The average molecular weight is 446 g/mol. The van der Waals surface area contributed by atoms with E-state index < -0.39 is 10.2 Å². The normalized spacial score (nSPS) is 17.3. The van der Waals surface area contributed by atoms with Crippen LogP contribution in [0.5, 0.6) is 0 Å². The van der Waals surface area contributed by atoms with Gasteiger partial charge in [0.2, 0.25) is 5.91 Å².